The molecular weight excluding hydrogens is 302 g/mol. The average molecular weight is 317 g/mol. The first kappa shape index (κ1) is 15.4. The number of aromatic nitrogens is 1. The number of hydrogen-bond donors (Lipinski definition) is 1. The Morgan fingerprint density at radius 2 is 1.83 bits per heavy atom. The van der Waals surface area contributed by atoms with Crippen molar-refractivity contribution in [3.8, 4) is 22.9 Å². The van der Waals surface area contributed by atoms with E-state index in [1.54, 1.807) is 10.8 Å². The number of methoxy groups -OCH3 is 1. The Kier molecular flexibility index (Phi) is 4.04. The highest BCUT2D eigenvalue weighted by molar-refractivity contribution is 5.96. The van der Waals surface area contributed by atoms with Crippen LogP contribution in [-0.4, -0.2) is 17.6 Å². The zero-order chi connectivity index (χ0) is 17.1. The van der Waals surface area contributed by atoms with E-state index in [9.17, 15) is 10.1 Å². The van der Waals surface area contributed by atoms with Crippen molar-refractivity contribution in [3.05, 3.63) is 72.1 Å². The first-order valence-electron chi connectivity index (χ1n) is 7.30. The number of nitrogens with two attached hydrogens (primary N) is 1. The molecule has 0 atom stereocenters. The summed E-state index contributed by atoms with van der Waals surface area (Å²) >= 11 is 0. The van der Waals surface area contributed by atoms with E-state index in [-0.39, 0.29) is 16.9 Å². The van der Waals surface area contributed by atoms with Gasteiger partial charge in [-0.25, -0.2) is 4.79 Å². The van der Waals surface area contributed by atoms with Gasteiger partial charge in [0.25, 0.3) is 0 Å². The van der Waals surface area contributed by atoms with Crippen LogP contribution in [0.5, 0.6) is 0 Å². The van der Waals surface area contributed by atoms with Crippen molar-refractivity contribution in [3.63, 3.8) is 0 Å². The van der Waals surface area contributed by atoms with Gasteiger partial charge in [0.15, 0.2) is 5.69 Å². The summed E-state index contributed by atoms with van der Waals surface area (Å²) in [6.45, 7) is 0. The molecule has 0 aliphatic heterocycles. The molecule has 3 aromatic rings. The fourth-order valence-corrected chi connectivity index (χ4v) is 2.58. The molecular formula is C19H15N3O2. The molecule has 5 nitrogen and oxygen atoms in total. The minimum absolute atomic E-state index is 0.120. The number of nitrogen functional groups attached to an aromatic ring is 1. The fraction of sp³-hybridized carbons (Fsp3) is 0.0526. The van der Waals surface area contributed by atoms with E-state index in [1.165, 1.54) is 7.11 Å². The first-order chi connectivity index (χ1) is 11.7. The maximum atomic E-state index is 12.1. The topological polar surface area (TPSA) is 81.0 Å². The van der Waals surface area contributed by atoms with E-state index >= 15 is 0 Å². The number of ether oxygens (including phenoxy) is 1. The molecule has 0 bridgehead atoms. The average Bonchev–Trinajstić information content (AvgIpc) is 2.98. The van der Waals surface area contributed by atoms with Crippen molar-refractivity contribution < 1.29 is 9.53 Å². The molecule has 0 saturated heterocycles. The smallest absolute Gasteiger partial charge is 0.357 e. The van der Waals surface area contributed by atoms with Crippen LogP contribution in [0.25, 0.3) is 16.8 Å². The lowest BCUT2D eigenvalue weighted by atomic mass is 10.1. The first-order valence-corrected chi connectivity index (χ1v) is 7.30. The SMILES string of the molecule is COC(=O)c1c(N)c(C#N)cn1-c1cccc(-c2ccccc2)c1. The molecule has 0 fully saturated rings. The van der Waals surface area contributed by atoms with E-state index in [2.05, 4.69) is 0 Å². The van der Waals surface area contributed by atoms with Crippen molar-refractivity contribution in [2.45, 2.75) is 0 Å². The molecule has 0 aliphatic carbocycles. The summed E-state index contributed by atoms with van der Waals surface area (Å²) in [7, 11) is 1.28. The molecule has 2 N–H and O–H groups in total. The molecule has 0 spiro atoms. The van der Waals surface area contributed by atoms with Gasteiger partial charge in [0.2, 0.25) is 0 Å². The molecule has 5 heteroatoms. The van der Waals surface area contributed by atoms with E-state index in [4.69, 9.17) is 10.5 Å². The van der Waals surface area contributed by atoms with Crippen LogP contribution in [0, 0.1) is 11.3 Å². The quantitative estimate of drug-likeness (QED) is 0.751. The molecule has 3 rings (SSSR count). The summed E-state index contributed by atoms with van der Waals surface area (Å²) in [5, 5.41) is 9.19. The number of anilines is 1. The number of esters is 1. The van der Waals surface area contributed by atoms with Crippen LogP contribution in [0.1, 0.15) is 16.1 Å². The van der Waals surface area contributed by atoms with Crippen LogP contribution in [0.15, 0.2) is 60.8 Å². The molecule has 0 radical (unpaired) electrons. The van der Waals surface area contributed by atoms with Crippen molar-refractivity contribution in [2.24, 2.45) is 0 Å². The maximum absolute atomic E-state index is 12.1. The third kappa shape index (κ3) is 2.61. The second-order valence-corrected chi connectivity index (χ2v) is 5.19. The lowest BCUT2D eigenvalue weighted by Gasteiger charge is -2.10. The summed E-state index contributed by atoms with van der Waals surface area (Å²) in [4.78, 5) is 12.1. The standard InChI is InChI=1S/C19H15N3O2/c1-24-19(23)18-17(21)15(11-20)12-22(18)16-9-5-8-14(10-16)13-6-3-2-4-7-13/h2-10,12H,21H2,1H3. The highest BCUT2D eigenvalue weighted by Gasteiger charge is 2.21. The molecule has 0 aliphatic rings. The van der Waals surface area contributed by atoms with Crippen molar-refractivity contribution >= 4 is 11.7 Å². The Morgan fingerprint density at radius 1 is 1.12 bits per heavy atom. The van der Waals surface area contributed by atoms with E-state index in [0.29, 0.717) is 0 Å². The van der Waals surface area contributed by atoms with Gasteiger partial charge >= 0.3 is 5.97 Å². The molecule has 1 heterocycles. The van der Waals surface area contributed by atoms with Gasteiger partial charge in [-0.05, 0) is 23.3 Å². The normalized spacial score (nSPS) is 10.2. The molecule has 118 valence electrons. The maximum Gasteiger partial charge on any atom is 0.357 e. The van der Waals surface area contributed by atoms with Crippen LogP contribution in [0.2, 0.25) is 0 Å². The van der Waals surface area contributed by atoms with Crippen LogP contribution < -0.4 is 5.73 Å². The lowest BCUT2D eigenvalue weighted by molar-refractivity contribution is 0.0593. The Hall–Kier alpha value is -3.52. The number of carbonyl (C=O) groups is 1. The summed E-state index contributed by atoms with van der Waals surface area (Å²) in [5.41, 5.74) is 9.22. The number of benzene rings is 2. The fourth-order valence-electron chi connectivity index (χ4n) is 2.58. The summed E-state index contributed by atoms with van der Waals surface area (Å²) in [5.74, 6) is -0.584. The highest BCUT2D eigenvalue weighted by Crippen LogP contribution is 2.27. The predicted molar refractivity (Wildman–Crippen MR) is 91.7 cm³/mol. The predicted octanol–water partition coefficient (Wildman–Crippen LogP) is 3.38. The summed E-state index contributed by atoms with van der Waals surface area (Å²) in [6, 6.07) is 19.5. The largest absolute Gasteiger partial charge is 0.464 e. The molecule has 0 unspecified atom stereocenters. The lowest BCUT2D eigenvalue weighted by Crippen LogP contribution is -2.11. The van der Waals surface area contributed by atoms with Gasteiger partial charge in [0.05, 0.1) is 18.4 Å². The molecule has 24 heavy (non-hydrogen) atoms. The molecule has 1 aromatic heterocycles. The van der Waals surface area contributed by atoms with Gasteiger partial charge in [0, 0.05) is 11.9 Å². The second-order valence-electron chi connectivity index (χ2n) is 5.19. The number of rotatable bonds is 3. The van der Waals surface area contributed by atoms with Crippen molar-refractivity contribution in [1.29, 1.82) is 5.26 Å². The monoisotopic (exact) mass is 317 g/mol. The van der Waals surface area contributed by atoms with Gasteiger partial charge < -0.3 is 15.0 Å². The third-order valence-corrected chi connectivity index (χ3v) is 3.78. The Morgan fingerprint density at radius 3 is 2.50 bits per heavy atom. The van der Waals surface area contributed by atoms with Crippen LogP contribution in [0.3, 0.4) is 0 Å². The summed E-state index contributed by atoms with van der Waals surface area (Å²) < 4.78 is 6.39. The number of nitriles is 1. The van der Waals surface area contributed by atoms with Gasteiger partial charge in [-0.2, -0.15) is 5.26 Å². The van der Waals surface area contributed by atoms with E-state index < -0.39 is 5.97 Å². The Balaban J connectivity index is 2.17. The molecule has 0 amide bonds. The van der Waals surface area contributed by atoms with E-state index in [1.807, 2.05) is 60.7 Å². The molecule has 2 aromatic carbocycles. The van der Waals surface area contributed by atoms with Gasteiger partial charge in [-0.1, -0.05) is 42.5 Å². The number of nitrogens with zero attached hydrogens (tertiary/aromatic N) is 2. The Labute approximate surface area is 139 Å². The zero-order valence-corrected chi connectivity index (χ0v) is 13.1. The van der Waals surface area contributed by atoms with Gasteiger partial charge in [0.1, 0.15) is 6.07 Å². The third-order valence-electron chi connectivity index (χ3n) is 3.78. The van der Waals surface area contributed by atoms with Crippen LogP contribution in [0.4, 0.5) is 5.69 Å². The van der Waals surface area contributed by atoms with Gasteiger partial charge in [-0.15, -0.1) is 0 Å². The van der Waals surface area contributed by atoms with E-state index in [0.717, 1.165) is 16.8 Å². The number of carbonyl (C=O) groups excluding carboxylic acids is 1. The summed E-state index contributed by atoms with van der Waals surface area (Å²) in [6.07, 6.45) is 1.55. The number of hydrogen-bond acceptors (Lipinski definition) is 4. The zero-order valence-electron chi connectivity index (χ0n) is 13.1. The molecule has 0 saturated carbocycles. The Bertz CT molecular complexity index is 937. The second kappa shape index (κ2) is 6.31. The van der Waals surface area contributed by atoms with Crippen LogP contribution >= 0.6 is 0 Å². The van der Waals surface area contributed by atoms with Gasteiger partial charge in [-0.3, -0.25) is 0 Å². The van der Waals surface area contributed by atoms with Crippen LogP contribution in [-0.2, 0) is 4.74 Å². The minimum Gasteiger partial charge on any atom is -0.464 e. The van der Waals surface area contributed by atoms with Crippen molar-refractivity contribution in [1.82, 2.24) is 4.57 Å². The van der Waals surface area contributed by atoms with Crippen molar-refractivity contribution in [2.75, 3.05) is 12.8 Å². The minimum atomic E-state index is -0.584. The highest BCUT2D eigenvalue weighted by atomic mass is 16.5.